The predicted molar refractivity (Wildman–Crippen MR) is 84.1 cm³/mol. The van der Waals surface area contributed by atoms with Crippen LogP contribution >= 0.6 is 11.3 Å². The fourth-order valence-electron chi connectivity index (χ4n) is 1.92. The summed E-state index contributed by atoms with van der Waals surface area (Å²) in [7, 11) is 1.69. The van der Waals surface area contributed by atoms with Crippen LogP contribution in [0.4, 0.5) is 4.39 Å². The zero-order valence-electron chi connectivity index (χ0n) is 12.2. The van der Waals surface area contributed by atoms with Gasteiger partial charge in [-0.25, -0.2) is 4.39 Å². The van der Waals surface area contributed by atoms with Gasteiger partial charge in [-0.1, -0.05) is 12.1 Å². The fraction of sp³-hybridized carbons (Fsp3) is 0.250. The summed E-state index contributed by atoms with van der Waals surface area (Å²) in [5, 5.41) is 6.30. The Balaban J connectivity index is 1.74. The third-order valence-corrected chi connectivity index (χ3v) is 3.85. The molecule has 2 rings (SSSR count). The number of amides is 2. The van der Waals surface area contributed by atoms with Crippen molar-refractivity contribution < 1.29 is 14.0 Å². The molecule has 2 aromatic rings. The second-order valence-corrected chi connectivity index (χ2v) is 5.67. The summed E-state index contributed by atoms with van der Waals surface area (Å²) in [4.78, 5) is 25.3. The first-order chi connectivity index (χ1) is 10.6. The molecule has 116 valence electrons. The van der Waals surface area contributed by atoms with Gasteiger partial charge in [0.25, 0.3) is 5.91 Å². The van der Waals surface area contributed by atoms with Crippen LogP contribution in [0.2, 0.25) is 0 Å². The van der Waals surface area contributed by atoms with Crippen molar-refractivity contribution in [2.75, 3.05) is 13.6 Å². The normalized spacial score (nSPS) is 10.3. The van der Waals surface area contributed by atoms with Crippen LogP contribution in [0.25, 0.3) is 0 Å². The van der Waals surface area contributed by atoms with Crippen molar-refractivity contribution in [2.45, 2.75) is 13.0 Å². The van der Waals surface area contributed by atoms with E-state index in [-0.39, 0.29) is 24.1 Å². The van der Waals surface area contributed by atoms with E-state index in [9.17, 15) is 14.0 Å². The summed E-state index contributed by atoms with van der Waals surface area (Å²) in [6, 6.07) is 7.78. The van der Waals surface area contributed by atoms with Crippen molar-refractivity contribution in [3.8, 4) is 0 Å². The zero-order chi connectivity index (χ0) is 15.9. The van der Waals surface area contributed by atoms with Crippen molar-refractivity contribution in [1.29, 1.82) is 0 Å². The lowest BCUT2D eigenvalue weighted by atomic mass is 10.2. The number of nitrogens with zero attached hydrogens (tertiary/aromatic N) is 1. The van der Waals surface area contributed by atoms with Crippen molar-refractivity contribution in [2.24, 2.45) is 0 Å². The maximum atomic E-state index is 12.8. The fourth-order valence-corrected chi connectivity index (χ4v) is 2.56. The number of hydrogen-bond acceptors (Lipinski definition) is 3. The van der Waals surface area contributed by atoms with E-state index < -0.39 is 0 Å². The van der Waals surface area contributed by atoms with Gasteiger partial charge in [-0.15, -0.1) is 0 Å². The van der Waals surface area contributed by atoms with E-state index in [1.54, 1.807) is 35.5 Å². The Kier molecular flexibility index (Phi) is 5.66. The molecule has 0 unspecified atom stereocenters. The smallest absolute Gasteiger partial charge is 0.252 e. The molecule has 1 N–H and O–H groups in total. The van der Waals surface area contributed by atoms with E-state index >= 15 is 0 Å². The Labute approximate surface area is 132 Å². The molecule has 4 nitrogen and oxygen atoms in total. The molecule has 1 heterocycles. The Morgan fingerprint density at radius 3 is 2.59 bits per heavy atom. The number of hydrogen-bond donors (Lipinski definition) is 1. The highest BCUT2D eigenvalue weighted by molar-refractivity contribution is 7.08. The molecule has 0 saturated carbocycles. The van der Waals surface area contributed by atoms with Gasteiger partial charge < -0.3 is 10.2 Å². The first-order valence-electron chi connectivity index (χ1n) is 6.85. The highest BCUT2D eigenvalue weighted by atomic mass is 32.1. The minimum atomic E-state index is -0.297. The maximum Gasteiger partial charge on any atom is 0.252 e. The molecule has 0 fully saturated rings. The van der Waals surface area contributed by atoms with E-state index in [4.69, 9.17) is 0 Å². The van der Waals surface area contributed by atoms with Crippen LogP contribution in [0.3, 0.4) is 0 Å². The number of halogens is 1. The van der Waals surface area contributed by atoms with E-state index in [0.29, 0.717) is 18.7 Å². The van der Waals surface area contributed by atoms with E-state index in [1.165, 1.54) is 23.5 Å². The van der Waals surface area contributed by atoms with Crippen LogP contribution in [0, 0.1) is 5.82 Å². The van der Waals surface area contributed by atoms with E-state index in [2.05, 4.69) is 5.32 Å². The topological polar surface area (TPSA) is 49.4 Å². The summed E-state index contributed by atoms with van der Waals surface area (Å²) >= 11 is 1.45. The Morgan fingerprint density at radius 2 is 1.95 bits per heavy atom. The molecule has 6 heteroatoms. The highest BCUT2D eigenvalue weighted by Gasteiger charge is 2.11. The van der Waals surface area contributed by atoms with Gasteiger partial charge >= 0.3 is 0 Å². The van der Waals surface area contributed by atoms with Gasteiger partial charge in [-0.3, -0.25) is 9.59 Å². The summed E-state index contributed by atoms with van der Waals surface area (Å²) in [5.41, 5.74) is 1.47. The lowest BCUT2D eigenvalue weighted by Crippen LogP contribution is -2.31. The number of carbonyl (C=O) groups is 2. The molecule has 1 aromatic carbocycles. The van der Waals surface area contributed by atoms with Crippen LogP contribution in [-0.2, 0) is 11.3 Å². The molecule has 1 aromatic heterocycles. The second-order valence-electron chi connectivity index (χ2n) is 4.89. The van der Waals surface area contributed by atoms with Crippen molar-refractivity contribution in [3.63, 3.8) is 0 Å². The van der Waals surface area contributed by atoms with E-state index in [1.807, 2.05) is 5.38 Å². The SMILES string of the molecule is CN(Cc1ccc(F)cc1)C(=O)CCNC(=O)c1ccsc1. The summed E-state index contributed by atoms with van der Waals surface area (Å²) in [6.07, 6.45) is 0.230. The zero-order valence-corrected chi connectivity index (χ0v) is 13.0. The number of thiophene rings is 1. The van der Waals surface area contributed by atoms with Gasteiger partial charge in [0.1, 0.15) is 5.82 Å². The average molecular weight is 320 g/mol. The van der Waals surface area contributed by atoms with Crippen LogP contribution in [0.5, 0.6) is 0 Å². The molecular weight excluding hydrogens is 303 g/mol. The third-order valence-electron chi connectivity index (χ3n) is 3.17. The standard InChI is InChI=1S/C16H17FN2O2S/c1-19(10-12-2-4-14(17)5-3-12)15(20)6-8-18-16(21)13-7-9-22-11-13/h2-5,7,9,11H,6,8,10H2,1H3,(H,18,21). The summed E-state index contributed by atoms with van der Waals surface area (Å²) in [5.74, 6) is -0.543. The maximum absolute atomic E-state index is 12.8. The average Bonchev–Trinajstić information content (AvgIpc) is 3.03. The predicted octanol–water partition coefficient (Wildman–Crippen LogP) is 2.67. The van der Waals surface area contributed by atoms with Crippen molar-refractivity contribution >= 4 is 23.2 Å². The Bertz CT molecular complexity index is 626. The van der Waals surface area contributed by atoms with Crippen molar-refractivity contribution in [3.05, 3.63) is 58.0 Å². The molecular formula is C16H17FN2O2S. The van der Waals surface area contributed by atoms with Gasteiger partial charge in [0.2, 0.25) is 5.91 Å². The minimum Gasteiger partial charge on any atom is -0.351 e. The van der Waals surface area contributed by atoms with Crippen LogP contribution in [0.1, 0.15) is 22.3 Å². The quantitative estimate of drug-likeness (QED) is 0.889. The highest BCUT2D eigenvalue weighted by Crippen LogP contribution is 2.07. The molecule has 0 spiro atoms. The van der Waals surface area contributed by atoms with Gasteiger partial charge in [0.15, 0.2) is 0 Å². The molecule has 0 aliphatic carbocycles. The molecule has 0 aliphatic heterocycles. The number of rotatable bonds is 6. The number of benzene rings is 1. The molecule has 0 bridgehead atoms. The van der Waals surface area contributed by atoms with Crippen LogP contribution in [-0.4, -0.2) is 30.3 Å². The Morgan fingerprint density at radius 1 is 1.23 bits per heavy atom. The molecule has 2 amide bonds. The first kappa shape index (κ1) is 16.2. The lowest BCUT2D eigenvalue weighted by Gasteiger charge is -2.17. The number of carbonyl (C=O) groups excluding carboxylic acids is 2. The Hall–Kier alpha value is -2.21. The number of nitrogens with one attached hydrogen (secondary N) is 1. The largest absolute Gasteiger partial charge is 0.351 e. The van der Waals surface area contributed by atoms with Crippen LogP contribution < -0.4 is 5.32 Å². The summed E-state index contributed by atoms with van der Waals surface area (Å²) in [6.45, 7) is 0.707. The molecule has 0 aliphatic rings. The lowest BCUT2D eigenvalue weighted by molar-refractivity contribution is -0.130. The monoisotopic (exact) mass is 320 g/mol. The van der Waals surface area contributed by atoms with Gasteiger partial charge in [-0.2, -0.15) is 11.3 Å². The van der Waals surface area contributed by atoms with E-state index in [0.717, 1.165) is 5.56 Å². The van der Waals surface area contributed by atoms with Gasteiger partial charge in [-0.05, 0) is 29.1 Å². The third kappa shape index (κ3) is 4.66. The second kappa shape index (κ2) is 7.70. The van der Waals surface area contributed by atoms with Crippen LogP contribution in [0.15, 0.2) is 41.1 Å². The molecule has 0 radical (unpaired) electrons. The minimum absolute atomic E-state index is 0.0741. The molecule has 0 atom stereocenters. The molecule has 0 saturated heterocycles. The summed E-state index contributed by atoms with van der Waals surface area (Å²) < 4.78 is 12.8. The first-order valence-corrected chi connectivity index (χ1v) is 7.79. The molecule has 22 heavy (non-hydrogen) atoms. The van der Waals surface area contributed by atoms with Crippen molar-refractivity contribution in [1.82, 2.24) is 10.2 Å². The van der Waals surface area contributed by atoms with Gasteiger partial charge in [0, 0.05) is 37.5 Å². The van der Waals surface area contributed by atoms with Gasteiger partial charge in [0.05, 0.1) is 0 Å².